The highest BCUT2D eigenvalue weighted by Gasteiger charge is 2.05. The molecule has 3 aromatic rings. The maximum absolute atomic E-state index is 11.4. The van der Waals surface area contributed by atoms with Crippen molar-refractivity contribution in [3.8, 4) is 5.75 Å². The van der Waals surface area contributed by atoms with Crippen molar-refractivity contribution < 1.29 is 9.53 Å². The van der Waals surface area contributed by atoms with Gasteiger partial charge in [0.15, 0.2) is 0 Å². The van der Waals surface area contributed by atoms with Crippen LogP contribution in [0.2, 0.25) is 0 Å². The van der Waals surface area contributed by atoms with Crippen molar-refractivity contribution >= 4 is 16.8 Å². The summed E-state index contributed by atoms with van der Waals surface area (Å²) in [6.07, 6.45) is 1.79. The first kappa shape index (κ1) is 12.5. The Kier molecular flexibility index (Phi) is 3.25. The number of hydrogen-bond acceptors (Lipinski definition) is 2. The largest absolute Gasteiger partial charge is 0.489 e. The van der Waals surface area contributed by atoms with Gasteiger partial charge in [0.05, 0.1) is 5.52 Å². The van der Waals surface area contributed by atoms with Crippen LogP contribution in [0.15, 0.2) is 60.8 Å². The molecule has 0 unspecified atom stereocenters. The zero-order valence-electron chi connectivity index (χ0n) is 11.2. The number of aromatic nitrogens is 1. The zero-order valence-corrected chi connectivity index (χ0v) is 11.2. The fraction of sp³-hybridized carbons (Fsp3) is 0.118. The van der Waals surface area contributed by atoms with Gasteiger partial charge in [-0.05, 0) is 29.8 Å². The minimum Gasteiger partial charge on any atom is -0.489 e. The second-order valence-electron chi connectivity index (χ2n) is 4.70. The van der Waals surface area contributed by atoms with Crippen LogP contribution in [0.3, 0.4) is 0 Å². The van der Waals surface area contributed by atoms with E-state index in [-0.39, 0.29) is 5.91 Å². The summed E-state index contributed by atoms with van der Waals surface area (Å²) in [5, 5.41) is 1.01. The average molecular weight is 265 g/mol. The number of benzene rings is 2. The van der Waals surface area contributed by atoms with E-state index < -0.39 is 0 Å². The maximum Gasteiger partial charge on any atom is 0.227 e. The normalized spacial score (nSPS) is 10.7. The van der Waals surface area contributed by atoms with E-state index in [1.807, 2.05) is 54.6 Å². The number of rotatable bonds is 3. The predicted octanol–water partition coefficient (Wildman–Crippen LogP) is 3.88. The minimum absolute atomic E-state index is 0.0120. The molecular weight excluding hydrogens is 250 g/mol. The van der Waals surface area contributed by atoms with E-state index in [4.69, 9.17) is 4.74 Å². The lowest BCUT2D eigenvalue weighted by molar-refractivity contribution is 0.0941. The Hall–Kier alpha value is -2.55. The zero-order chi connectivity index (χ0) is 13.9. The third kappa shape index (κ3) is 2.43. The van der Waals surface area contributed by atoms with Gasteiger partial charge in [-0.2, -0.15) is 0 Å². The molecule has 3 nitrogen and oxygen atoms in total. The summed E-state index contributed by atoms with van der Waals surface area (Å²) in [6.45, 7) is 2.10. The lowest BCUT2D eigenvalue weighted by atomic mass is 10.2. The number of hydrogen-bond donors (Lipinski definition) is 0. The highest BCUT2D eigenvalue weighted by atomic mass is 16.5. The minimum atomic E-state index is 0.0120. The van der Waals surface area contributed by atoms with Crippen molar-refractivity contribution in [3.05, 3.63) is 66.4 Å². The Morgan fingerprint density at radius 3 is 2.65 bits per heavy atom. The Morgan fingerprint density at radius 1 is 1.10 bits per heavy atom. The fourth-order valence-electron chi connectivity index (χ4n) is 2.23. The topological polar surface area (TPSA) is 31.2 Å². The second kappa shape index (κ2) is 5.21. The summed E-state index contributed by atoms with van der Waals surface area (Å²) in [5.74, 6) is 0.820. The Morgan fingerprint density at radius 2 is 1.90 bits per heavy atom. The Bertz CT molecular complexity index is 744. The van der Waals surface area contributed by atoms with E-state index in [0.29, 0.717) is 6.61 Å². The smallest absolute Gasteiger partial charge is 0.227 e. The molecule has 2 aromatic carbocycles. The summed E-state index contributed by atoms with van der Waals surface area (Å²) < 4.78 is 7.41. The molecule has 100 valence electrons. The van der Waals surface area contributed by atoms with E-state index in [2.05, 4.69) is 0 Å². The maximum atomic E-state index is 11.4. The first-order valence-electron chi connectivity index (χ1n) is 6.53. The van der Waals surface area contributed by atoms with E-state index in [0.717, 1.165) is 22.2 Å². The van der Waals surface area contributed by atoms with Crippen LogP contribution < -0.4 is 4.74 Å². The SMILES string of the molecule is CC(=O)n1ccc2cc(OCc3ccccc3)ccc21. The van der Waals surface area contributed by atoms with Crippen LogP contribution >= 0.6 is 0 Å². The third-order valence-corrected chi connectivity index (χ3v) is 3.25. The van der Waals surface area contributed by atoms with Gasteiger partial charge in [0.2, 0.25) is 5.91 Å². The van der Waals surface area contributed by atoms with E-state index in [9.17, 15) is 4.79 Å². The lowest BCUT2D eigenvalue weighted by Crippen LogP contribution is -2.02. The van der Waals surface area contributed by atoms with Crippen LogP contribution in [0.1, 0.15) is 17.3 Å². The molecule has 0 aliphatic carbocycles. The van der Waals surface area contributed by atoms with Gasteiger partial charge in [-0.15, -0.1) is 0 Å². The van der Waals surface area contributed by atoms with Gasteiger partial charge in [0.25, 0.3) is 0 Å². The highest BCUT2D eigenvalue weighted by Crippen LogP contribution is 2.22. The molecule has 0 radical (unpaired) electrons. The lowest BCUT2D eigenvalue weighted by Gasteiger charge is -2.07. The van der Waals surface area contributed by atoms with Gasteiger partial charge in [0, 0.05) is 18.5 Å². The molecule has 0 fully saturated rings. The van der Waals surface area contributed by atoms with Gasteiger partial charge in [-0.3, -0.25) is 9.36 Å². The van der Waals surface area contributed by atoms with Crippen LogP contribution in [-0.2, 0) is 6.61 Å². The standard InChI is InChI=1S/C17H15NO2/c1-13(19)18-10-9-15-11-16(7-8-17(15)18)20-12-14-5-3-2-4-6-14/h2-11H,12H2,1H3. The van der Waals surface area contributed by atoms with Crippen LogP contribution in [-0.4, -0.2) is 10.5 Å². The van der Waals surface area contributed by atoms with Crippen molar-refractivity contribution in [2.75, 3.05) is 0 Å². The Balaban J connectivity index is 1.81. The molecular formula is C17H15NO2. The molecule has 3 heteroatoms. The van der Waals surface area contributed by atoms with Gasteiger partial charge < -0.3 is 4.74 Å². The van der Waals surface area contributed by atoms with Crippen molar-refractivity contribution in [2.24, 2.45) is 0 Å². The molecule has 1 aromatic heterocycles. The summed E-state index contributed by atoms with van der Waals surface area (Å²) in [4.78, 5) is 11.4. The van der Waals surface area contributed by atoms with Crippen LogP contribution in [0, 0.1) is 0 Å². The number of fused-ring (bicyclic) bond motifs is 1. The van der Waals surface area contributed by atoms with Gasteiger partial charge in [-0.1, -0.05) is 30.3 Å². The Labute approximate surface area is 117 Å². The summed E-state index contributed by atoms with van der Waals surface area (Å²) in [6, 6.07) is 17.7. The molecule has 0 bridgehead atoms. The molecule has 1 heterocycles. The number of ether oxygens (including phenoxy) is 1. The summed E-state index contributed by atoms with van der Waals surface area (Å²) in [7, 11) is 0. The molecule has 0 aliphatic rings. The van der Waals surface area contributed by atoms with Gasteiger partial charge in [0.1, 0.15) is 12.4 Å². The fourth-order valence-corrected chi connectivity index (χ4v) is 2.23. The predicted molar refractivity (Wildman–Crippen MR) is 79.0 cm³/mol. The first-order valence-corrected chi connectivity index (χ1v) is 6.53. The molecule has 0 spiro atoms. The molecule has 0 atom stereocenters. The van der Waals surface area contributed by atoms with Crippen molar-refractivity contribution in [3.63, 3.8) is 0 Å². The highest BCUT2D eigenvalue weighted by molar-refractivity contribution is 5.92. The van der Waals surface area contributed by atoms with Crippen molar-refractivity contribution in [2.45, 2.75) is 13.5 Å². The van der Waals surface area contributed by atoms with Gasteiger partial charge in [-0.25, -0.2) is 0 Å². The molecule has 0 saturated carbocycles. The molecule has 0 N–H and O–H groups in total. The van der Waals surface area contributed by atoms with E-state index in [1.165, 1.54) is 0 Å². The third-order valence-electron chi connectivity index (χ3n) is 3.25. The summed E-state index contributed by atoms with van der Waals surface area (Å²) >= 11 is 0. The molecule has 3 rings (SSSR count). The van der Waals surface area contributed by atoms with Crippen molar-refractivity contribution in [1.82, 2.24) is 4.57 Å². The van der Waals surface area contributed by atoms with Crippen LogP contribution in [0.25, 0.3) is 10.9 Å². The molecule has 20 heavy (non-hydrogen) atoms. The molecule has 0 amide bonds. The van der Waals surface area contributed by atoms with Crippen molar-refractivity contribution in [1.29, 1.82) is 0 Å². The quantitative estimate of drug-likeness (QED) is 0.719. The second-order valence-corrected chi connectivity index (χ2v) is 4.70. The van der Waals surface area contributed by atoms with Gasteiger partial charge >= 0.3 is 0 Å². The van der Waals surface area contributed by atoms with Crippen LogP contribution in [0.5, 0.6) is 5.75 Å². The first-order chi connectivity index (χ1) is 9.74. The average Bonchev–Trinajstić information content (AvgIpc) is 2.89. The van der Waals surface area contributed by atoms with E-state index >= 15 is 0 Å². The molecule has 0 aliphatic heterocycles. The number of carbonyl (C=O) groups excluding carboxylic acids is 1. The monoisotopic (exact) mass is 265 g/mol. The molecule has 0 saturated heterocycles. The van der Waals surface area contributed by atoms with Crippen LogP contribution in [0.4, 0.5) is 0 Å². The van der Waals surface area contributed by atoms with E-state index in [1.54, 1.807) is 17.7 Å². The number of nitrogens with zero attached hydrogens (tertiary/aromatic N) is 1. The number of carbonyl (C=O) groups is 1. The summed E-state index contributed by atoms with van der Waals surface area (Å²) in [5.41, 5.74) is 2.04.